The van der Waals surface area contributed by atoms with Crippen molar-refractivity contribution in [3.63, 3.8) is 0 Å². The number of nitrogens with zero attached hydrogens (tertiary/aromatic N) is 5. The van der Waals surface area contributed by atoms with E-state index in [9.17, 15) is 10.1 Å². The van der Waals surface area contributed by atoms with Crippen LogP contribution >= 0.6 is 22.7 Å². The molecule has 0 amide bonds. The molecule has 0 spiro atoms. The molecule has 7 nitrogen and oxygen atoms in total. The lowest BCUT2D eigenvalue weighted by Crippen LogP contribution is -2.21. The average Bonchev–Trinajstić information content (AvgIpc) is 3.46. The van der Waals surface area contributed by atoms with Gasteiger partial charge in [-0.25, -0.2) is 9.78 Å². The van der Waals surface area contributed by atoms with E-state index in [1.165, 1.54) is 28.4 Å². The lowest BCUT2D eigenvalue weighted by molar-refractivity contribution is 0.0526. The van der Waals surface area contributed by atoms with E-state index in [4.69, 9.17) is 4.74 Å². The van der Waals surface area contributed by atoms with Crippen molar-refractivity contribution in [2.45, 2.75) is 20.8 Å². The number of hydrogen-bond donors (Lipinski definition) is 0. The van der Waals surface area contributed by atoms with Gasteiger partial charge >= 0.3 is 5.97 Å². The minimum atomic E-state index is -0.374. The van der Waals surface area contributed by atoms with E-state index in [1.807, 2.05) is 24.3 Å². The van der Waals surface area contributed by atoms with Crippen molar-refractivity contribution in [1.82, 2.24) is 4.98 Å². The monoisotopic (exact) mass is 515 g/mol. The van der Waals surface area contributed by atoms with Gasteiger partial charge in [0.15, 0.2) is 0 Å². The number of allylic oxidation sites excluding steroid dienone is 1. The SMILES string of the molecule is CCOC(=O)c1ccc(/C(C#N)=C/c2cc3sc(N=Nc4ccc(N(CC)CC)cc4)nc3s2)cc1. The Morgan fingerprint density at radius 3 is 2.33 bits per heavy atom. The molecule has 0 unspecified atom stereocenters. The van der Waals surface area contributed by atoms with Gasteiger partial charge in [0.2, 0.25) is 5.13 Å². The molecule has 0 saturated heterocycles. The van der Waals surface area contributed by atoms with Crippen molar-refractivity contribution in [2.75, 3.05) is 24.6 Å². The number of benzene rings is 2. The summed E-state index contributed by atoms with van der Waals surface area (Å²) in [6.07, 6.45) is 1.83. The number of aromatic nitrogens is 1. The smallest absolute Gasteiger partial charge is 0.338 e. The molecule has 0 atom stereocenters. The highest BCUT2D eigenvalue weighted by Gasteiger charge is 2.11. The summed E-state index contributed by atoms with van der Waals surface area (Å²) in [7, 11) is 0. The largest absolute Gasteiger partial charge is 0.462 e. The van der Waals surface area contributed by atoms with Crippen LogP contribution in [0.25, 0.3) is 21.2 Å². The van der Waals surface area contributed by atoms with Crippen LogP contribution in [0.2, 0.25) is 0 Å². The Kier molecular flexibility index (Phi) is 8.21. The molecule has 0 N–H and O–H groups in total. The second-order valence-electron chi connectivity index (χ2n) is 7.67. The van der Waals surface area contributed by atoms with Crippen LogP contribution in [0, 0.1) is 11.3 Å². The molecule has 4 rings (SSSR count). The second kappa shape index (κ2) is 11.7. The minimum absolute atomic E-state index is 0.320. The van der Waals surface area contributed by atoms with Gasteiger partial charge in [-0.1, -0.05) is 23.5 Å². The topological polar surface area (TPSA) is 90.9 Å². The number of carbonyl (C=O) groups is 1. The minimum Gasteiger partial charge on any atom is -0.462 e. The van der Waals surface area contributed by atoms with Crippen molar-refractivity contribution < 1.29 is 9.53 Å². The molecular formula is C27H25N5O2S2. The van der Waals surface area contributed by atoms with Crippen molar-refractivity contribution >= 4 is 66.3 Å². The van der Waals surface area contributed by atoms with Gasteiger partial charge in [0.1, 0.15) is 4.83 Å². The molecule has 0 aliphatic heterocycles. The number of hydrogen-bond acceptors (Lipinski definition) is 9. The number of carbonyl (C=O) groups excluding carboxylic acids is 1. The first kappa shape index (κ1) is 25.2. The molecule has 0 aliphatic carbocycles. The van der Waals surface area contributed by atoms with Crippen LogP contribution in [0.3, 0.4) is 0 Å². The predicted molar refractivity (Wildman–Crippen MR) is 148 cm³/mol. The van der Waals surface area contributed by atoms with E-state index in [0.29, 0.717) is 22.9 Å². The van der Waals surface area contributed by atoms with Gasteiger partial charge in [-0.15, -0.1) is 21.6 Å². The average molecular weight is 516 g/mol. The fourth-order valence-electron chi connectivity index (χ4n) is 3.60. The summed E-state index contributed by atoms with van der Waals surface area (Å²) >= 11 is 2.95. The van der Waals surface area contributed by atoms with Crippen molar-refractivity contribution in [3.8, 4) is 6.07 Å². The standard InChI is InChI=1S/C27H25N5O2S2/c1-4-32(5-2)22-13-11-21(12-14-22)30-31-27-29-25-24(36-27)16-23(35-25)15-20(17-28)18-7-9-19(10-8-18)26(33)34-6-3/h7-16H,4-6H2,1-3H3/b20-15+,31-30?. The van der Waals surface area contributed by atoms with E-state index in [-0.39, 0.29) is 5.97 Å². The molecule has 0 bridgehead atoms. The molecule has 4 aromatic rings. The molecule has 0 saturated carbocycles. The molecule has 2 aromatic heterocycles. The van der Waals surface area contributed by atoms with Crippen LogP contribution in [0.5, 0.6) is 0 Å². The number of thiophene rings is 1. The Morgan fingerprint density at radius 2 is 1.72 bits per heavy atom. The number of anilines is 1. The molecule has 2 aromatic carbocycles. The zero-order valence-electron chi connectivity index (χ0n) is 20.3. The fourth-order valence-corrected chi connectivity index (χ4v) is 5.58. The van der Waals surface area contributed by atoms with Gasteiger partial charge in [0, 0.05) is 23.7 Å². The summed E-state index contributed by atoms with van der Waals surface area (Å²) in [5.41, 5.74) is 3.64. The van der Waals surface area contributed by atoms with Crippen LogP contribution in [0.15, 0.2) is 64.8 Å². The van der Waals surface area contributed by atoms with E-state index in [0.717, 1.165) is 38.7 Å². The van der Waals surface area contributed by atoms with Crippen molar-refractivity contribution in [1.29, 1.82) is 5.26 Å². The van der Waals surface area contributed by atoms with Crippen molar-refractivity contribution in [3.05, 3.63) is 70.6 Å². The first-order valence-electron chi connectivity index (χ1n) is 11.6. The van der Waals surface area contributed by atoms with E-state index >= 15 is 0 Å². The molecule has 0 aliphatic rings. The number of ether oxygens (including phenoxy) is 1. The highest BCUT2D eigenvalue weighted by molar-refractivity contribution is 7.29. The lowest BCUT2D eigenvalue weighted by atomic mass is 10.0. The van der Waals surface area contributed by atoms with Crippen LogP contribution in [-0.4, -0.2) is 30.6 Å². The zero-order valence-corrected chi connectivity index (χ0v) is 21.9. The summed E-state index contributed by atoms with van der Waals surface area (Å²) in [5, 5.41) is 18.9. The molecule has 9 heteroatoms. The van der Waals surface area contributed by atoms with Gasteiger partial charge in [-0.05, 0) is 74.9 Å². The third kappa shape index (κ3) is 5.85. The molecule has 0 radical (unpaired) electrons. The van der Waals surface area contributed by atoms with Gasteiger partial charge in [0.25, 0.3) is 0 Å². The molecule has 2 heterocycles. The number of fused-ring (bicyclic) bond motifs is 1. The quantitative estimate of drug-likeness (QED) is 0.129. The summed E-state index contributed by atoms with van der Waals surface area (Å²) in [6, 6.07) is 19.1. The summed E-state index contributed by atoms with van der Waals surface area (Å²) in [4.78, 5) is 20.5. The van der Waals surface area contributed by atoms with Crippen molar-refractivity contribution in [2.24, 2.45) is 10.2 Å². The zero-order chi connectivity index (χ0) is 25.5. The molecule has 0 fully saturated rings. The van der Waals surface area contributed by atoms with Gasteiger partial charge in [-0.2, -0.15) is 5.26 Å². The Labute approximate surface area is 218 Å². The van der Waals surface area contributed by atoms with Gasteiger partial charge in [-0.3, -0.25) is 0 Å². The number of esters is 1. The Morgan fingerprint density at radius 1 is 1.03 bits per heavy atom. The summed E-state index contributed by atoms with van der Waals surface area (Å²) in [6.45, 7) is 8.28. The Bertz CT molecular complexity index is 1410. The van der Waals surface area contributed by atoms with Crippen LogP contribution < -0.4 is 4.90 Å². The maximum atomic E-state index is 11.8. The van der Waals surface area contributed by atoms with E-state index in [2.05, 4.69) is 52.2 Å². The molecule has 182 valence electrons. The van der Waals surface area contributed by atoms with Crippen LogP contribution in [0.1, 0.15) is 41.6 Å². The van der Waals surface area contributed by atoms with E-state index < -0.39 is 0 Å². The molecule has 36 heavy (non-hydrogen) atoms. The first-order valence-corrected chi connectivity index (χ1v) is 13.2. The second-order valence-corrected chi connectivity index (χ2v) is 9.74. The maximum absolute atomic E-state index is 11.8. The van der Waals surface area contributed by atoms with Crippen LogP contribution in [-0.2, 0) is 4.74 Å². The summed E-state index contributed by atoms with van der Waals surface area (Å²) in [5.74, 6) is -0.374. The number of rotatable bonds is 9. The Balaban J connectivity index is 1.47. The predicted octanol–water partition coefficient (Wildman–Crippen LogP) is 7.86. The highest BCUT2D eigenvalue weighted by Crippen LogP contribution is 2.36. The van der Waals surface area contributed by atoms with Crippen LogP contribution in [0.4, 0.5) is 16.5 Å². The number of azo groups is 1. The molecular weight excluding hydrogens is 490 g/mol. The summed E-state index contributed by atoms with van der Waals surface area (Å²) < 4.78 is 6.00. The highest BCUT2D eigenvalue weighted by atomic mass is 32.1. The Hall–Kier alpha value is -3.87. The normalized spacial score (nSPS) is 11.7. The first-order chi connectivity index (χ1) is 17.5. The maximum Gasteiger partial charge on any atom is 0.338 e. The number of thiazole rings is 1. The third-order valence-corrected chi connectivity index (χ3v) is 7.43. The van der Waals surface area contributed by atoms with Gasteiger partial charge < -0.3 is 9.64 Å². The number of nitriles is 1. The fraction of sp³-hybridized carbons (Fsp3) is 0.222. The van der Waals surface area contributed by atoms with Gasteiger partial charge in [0.05, 0.1) is 34.2 Å². The lowest BCUT2D eigenvalue weighted by Gasteiger charge is -2.20. The third-order valence-electron chi connectivity index (χ3n) is 5.44. The van der Waals surface area contributed by atoms with E-state index in [1.54, 1.807) is 31.2 Å².